The van der Waals surface area contributed by atoms with Crippen LogP contribution in [0.3, 0.4) is 0 Å². The van der Waals surface area contributed by atoms with E-state index in [-0.39, 0.29) is 5.82 Å². The van der Waals surface area contributed by atoms with Crippen molar-refractivity contribution in [2.24, 2.45) is 0 Å². The second-order valence-corrected chi connectivity index (χ2v) is 6.82. The monoisotopic (exact) mass is 347 g/mol. The Morgan fingerprint density at radius 3 is 2.69 bits per heavy atom. The van der Waals surface area contributed by atoms with E-state index < -0.39 is 0 Å². The van der Waals surface area contributed by atoms with Crippen molar-refractivity contribution in [3.05, 3.63) is 84.1 Å². The van der Waals surface area contributed by atoms with E-state index in [2.05, 4.69) is 33.1 Å². The van der Waals surface area contributed by atoms with Crippen LogP contribution in [-0.2, 0) is 6.54 Å². The molecule has 4 heteroatoms. The van der Waals surface area contributed by atoms with Gasteiger partial charge in [0, 0.05) is 36.7 Å². The van der Waals surface area contributed by atoms with Crippen LogP contribution >= 0.6 is 0 Å². The lowest BCUT2D eigenvalue weighted by Crippen LogP contribution is -2.33. The van der Waals surface area contributed by atoms with Crippen molar-refractivity contribution in [2.45, 2.75) is 31.8 Å². The van der Waals surface area contributed by atoms with Gasteiger partial charge in [-0.05, 0) is 60.8 Å². The molecule has 3 nitrogen and oxygen atoms in total. The Kier molecular flexibility index (Phi) is 5.02. The number of aromatic nitrogens is 2. The molecule has 0 unspecified atom stereocenters. The number of benzene rings is 1. The fourth-order valence-electron chi connectivity index (χ4n) is 3.70. The summed E-state index contributed by atoms with van der Waals surface area (Å²) in [7, 11) is 0. The lowest BCUT2D eigenvalue weighted by molar-refractivity contribution is 0.140. The Morgan fingerprint density at radius 2 is 1.92 bits per heavy atom. The highest BCUT2D eigenvalue weighted by molar-refractivity contribution is 5.59. The molecular formula is C22H22FN3. The molecule has 0 amide bonds. The minimum Gasteiger partial charge on any atom is -0.292 e. The minimum atomic E-state index is -0.232. The van der Waals surface area contributed by atoms with Crippen molar-refractivity contribution in [2.75, 3.05) is 6.54 Å². The number of rotatable bonds is 4. The van der Waals surface area contributed by atoms with Crippen LogP contribution in [0.2, 0.25) is 0 Å². The van der Waals surface area contributed by atoms with Crippen LogP contribution in [0.5, 0.6) is 0 Å². The standard InChI is InChI=1S/C22H22FN3/c23-20-5-3-4-18(14-20)21-8-7-19(15-25-21)22-6-1-2-13-26(22)16-17-9-11-24-12-10-17/h3-5,7-12,14-15,22H,1-2,6,13,16H2/t22-/m1/s1. The van der Waals surface area contributed by atoms with Gasteiger partial charge in [0.15, 0.2) is 0 Å². The zero-order valence-corrected chi connectivity index (χ0v) is 14.7. The van der Waals surface area contributed by atoms with E-state index >= 15 is 0 Å². The summed E-state index contributed by atoms with van der Waals surface area (Å²) < 4.78 is 13.4. The molecule has 1 aliphatic rings. The number of likely N-dealkylation sites (tertiary alicyclic amines) is 1. The molecule has 3 aromatic rings. The molecule has 0 aliphatic carbocycles. The van der Waals surface area contributed by atoms with E-state index in [1.165, 1.54) is 36.1 Å². The van der Waals surface area contributed by atoms with E-state index in [1.807, 2.05) is 30.7 Å². The van der Waals surface area contributed by atoms with Gasteiger partial charge in [0.2, 0.25) is 0 Å². The maximum atomic E-state index is 13.4. The van der Waals surface area contributed by atoms with Crippen molar-refractivity contribution in [3.63, 3.8) is 0 Å². The predicted molar refractivity (Wildman–Crippen MR) is 101 cm³/mol. The molecule has 1 saturated heterocycles. The summed E-state index contributed by atoms with van der Waals surface area (Å²) in [4.78, 5) is 11.2. The molecular weight excluding hydrogens is 325 g/mol. The highest BCUT2D eigenvalue weighted by atomic mass is 19.1. The van der Waals surface area contributed by atoms with Gasteiger partial charge in [-0.2, -0.15) is 0 Å². The first-order chi connectivity index (χ1) is 12.8. The third-order valence-electron chi connectivity index (χ3n) is 5.04. The van der Waals surface area contributed by atoms with Crippen molar-refractivity contribution < 1.29 is 4.39 Å². The summed E-state index contributed by atoms with van der Waals surface area (Å²) in [6.45, 7) is 2.03. The second kappa shape index (κ2) is 7.75. The van der Waals surface area contributed by atoms with Gasteiger partial charge < -0.3 is 0 Å². The van der Waals surface area contributed by atoms with Crippen LogP contribution in [0.1, 0.15) is 36.4 Å². The fourth-order valence-corrected chi connectivity index (χ4v) is 3.70. The van der Waals surface area contributed by atoms with Crippen LogP contribution in [0.4, 0.5) is 4.39 Å². The zero-order chi connectivity index (χ0) is 17.8. The molecule has 0 radical (unpaired) electrons. The molecule has 0 bridgehead atoms. The van der Waals surface area contributed by atoms with Crippen LogP contribution < -0.4 is 0 Å². The molecule has 0 N–H and O–H groups in total. The number of nitrogens with zero attached hydrogens (tertiary/aromatic N) is 3. The Bertz CT molecular complexity index is 849. The molecule has 4 rings (SSSR count). The molecule has 1 atom stereocenters. The van der Waals surface area contributed by atoms with Gasteiger partial charge in [-0.1, -0.05) is 24.6 Å². The third kappa shape index (κ3) is 3.81. The number of piperidine rings is 1. The molecule has 1 fully saturated rings. The smallest absolute Gasteiger partial charge is 0.123 e. The number of hydrogen-bond acceptors (Lipinski definition) is 3. The van der Waals surface area contributed by atoms with Crippen LogP contribution in [-0.4, -0.2) is 21.4 Å². The lowest BCUT2D eigenvalue weighted by atomic mass is 9.95. The van der Waals surface area contributed by atoms with Crippen molar-refractivity contribution in [1.82, 2.24) is 14.9 Å². The predicted octanol–water partition coefficient (Wildman–Crippen LogP) is 5.01. The van der Waals surface area contributed by atoms with Gasteiger partial charge in [0.05, 0.1) is 5.69 Å². The zero-order valence-electron chi connectivity index (χ0n) is 14.7. The van der Waals surface area contributed by atoms with Crippen molar-refractivity contribution in [3.8, 4) is 11.3 Å². The van der Waals surface area contributed by atoms with E-state index in [0.29, 0.717) is 6.04 Å². The first kappa shape index (κ1) is 16.9. The van der Waals surface area contributed by atoms with Gasteiger partial charge in [-0.15, -0.1) is 0 Å². The third-order valence-corrected chi connectivity index (χ3v) is 5.04. The molecule has 1 aromatic carbocycles. The molecule has 26 heavy (non-hydrogen) atoms. The summed E-state index contributed by atoms with van der Waals surface area (Å²) in [5.74, 6) is -0.232. The highest BCUT2D eigenvalue weighted by Gasteiger charge is 2.24. The van der Waals surface area contributed by atoms with E-state index in [9.17, 15) is 4.39 Å². The maximum absolute atomic E-state index is 13.4. The summed E-state index contributed by atoms with van der Waals surface area (Å²) in [5, 5.41) is 0. The molecule has 3 heterocycles. The minimum absolute atomic E-state index is 0.232. The highest BCUT2D eigenvalue weighted by Crippen LogP contribution is 2.32. The second-order valence-electron chi connectivity index (χ2n) is 6.82. The molecule has 2 aromatic heterocycles. The van der Waals surface area contributed by atoms with E-state index in [1.54, 1.807) is 6.07 Å². The van der Waals surface area contributed by atoms with E-state index in [0.717, 1.165) is 30.8 Å². The average Bonchev–Trinajstić information content (AvgIpc) is 2.69. The van der Waals surface area contributed by atoms with Gasteiger partial charge in [0.1, 0.15) is 5.82 Å². The number of halogens is 1. The lowest BCUT2D eigenvalue weighted by Gasteiger charge is -2.36. The Morgan fingerprint density at radius 1 is 1.04 bits per heavy atom. The first-order valence-electron chi connectivity index (χ1n) is 9.14. The van der Waals surface area contributed by atoms with Gasteiger partial charge in [-0.25, -0.2) is 4.39 Å². The fraction of sp³-hybridized carbons (Fsp3) is 0.273. The maximum Gasteiger partial charge on any atom is 0.123 e. The van der Waals surface area contributed by atoms with Crippen LogP contribution in [0.25, 0.3) is 11.3 Å². The first-order valence-corrected chi connectivity index (χ1v) is 9.14. The van der Waals surface area contributed by atoms with Crippen LogP contribution in [0.15, 0.2) is 67.1 Å². The van der Waals surface area contributed by atoms with Crippen LogP contribution in [0, 0.1) is 5.82 Å². The quantitative estimate of drug-likeness (QED) is 0.664. The van der Waals surface area contributed by atoms with Gasteiger partial charge in [0.25, 0.3) is 0 Å². The summed E-state index contributed by atoms with van der Waals surface area (Å²) in [6, 6.07) is 15.3. The normalized spacial score (nSPS) is 18.0. The molecule has 132 valence electrons. The number of pyridine rings is 2. The Labute approximate surface area is 153 Å². The largest absolute Gasteiger partial charge is 0.292 e. The van der Waals surface area contributed by atoms with Gasteiger partial charge in [-0.3, -0.25) is 14.9 Å². The molecule has 0 saturated carbocycles. The van der Waals surface area contributed by atoms with Gasteiger partial charge >= 0.3 is 0 Å². The van der Waals surface area contributed by atoms with Crippen molar-refractivity contribution >= 4 is 0 Å². The topological polar surface area (TPSA) is 29.0 Å². The SMILES string of the molecule is Fc1cccc(-c2ccc([C@H]3CCCCN3Cc3ccncc3)cn2)c1. The van der Waals surface area contributed by atoms with E-state index in [4.69, 9.17) is 0 Å². The van der Waals surface area contributed by atoms with Crippen molar-refractivity contribution in [1.29, 1.82) is 0 Å². The summed E-state index contributed by atoms with van der Waals surface area (Å²) in [5.41, 5.74) is 4.15. The Balaban J connectivity index is 1.54. The summed E-state index contributed by atoms with van der Waals surface area (Å²) >= 11 is 0. The average molecular weight is 347 g/mol. The number of hydrogen-bond donors (Lipinski definition) is 0. The summed E-state index contributed by atoms with van der Waals surface area (Å²) in [6.07, 6.45) is 9.27. The molecule has 1 aliphatic heterocycles. The molecule has 0 spiro atoms. The Hall–Kier alpha value is -2.59.